The zero-order valence-electron chi connectivity index (χ0n) is 11.6. The number of thiazole rings is 1. The summed E-state index contributed by atoms with van der Waals surface area (Å²) in [6, 6.07) is 13.1. The van der Waals surface area contributed by atoms with Crippen LogP contribution in [0.2, 0.25) is 0 Å². The van der Waals surface area contributed by atoms with Gasteiger partial charge in [-0.2, -0.15) is 0 Å². The van der Waals surface area contributed by atoms with E-state index in [1.165, 1.54) is 0 Å². The third kappa shape index (κ3) is 2.23. The van der Waals surface area contributed by atoms with Crippen molar-refractivity contribution in [2.45, 2.75) is 6.92 Å². The first-order valence-electron chi connectivity index (χ1n) is 6.22. The predicted molar refractivity (Wildman–Crippen MR) is 81.7 cm³/mol. The molecule has 3 aromatic rings. The normalized spacial score (nSPS) is 10.8. The fourth-order valence-electron chi connectivity index (χ4n) is 2.10. The lowest BCUT2D eigenvalue weighted by Gasteiger charge is -2.05. The third-order valence-electron chi connectivity index (χ3n) is 3.09. The Bertz CT molecular complexity index is 723. The molecular formula is C16H14NO2S. The van der Waals surface area contributed by atoms with Crippen LogP contribution < -0.4 is 9.47 Å². The van der Waals surface area contributed by atoms with Crippen molar-refractivity contribution in [3.05, 3.63) is 42.0 Å². The van der Waals surface area contributed by atoms with E-state index < -0.39 is 0 Å². The summed E-state index contributed by atoms with van der Waals surface area (Å²) >= 11 is 1.65. The largest absolute Gasteiger partial charge is 0.493 e. The standard InChI is InChI=1S/C16H14NO2S/c1-10-5-4-6-11(7-10)16-17-12-8-13(18-2)14(19-3)9-15(12)20-16/h4,6-9H,1-3H3. The van der Waals surface area contributed by atoms with E-state index in [1.54, 1.807) is 25.6 Å². The molecule has 0 fully saturated rings. The lowest BCUT2D eigenvalue weighted by Crippen LogP contribution is -1.89. The molecule has 0 amide bonds. The van der Waals surface area contributed by atoms with Crippen molar-refractivity contribution in [2.24, 2.45) is 0 Å². The van der Waals surface area contributed by atoms with Crippen LogP contribution in [0.25, 0.3) is 20.8 Å². The highest BCUT2D eigenvalue weighted by molar-refractivity contribution is 7.21. The van der Waals surface area contributed by atoms with Gasteiger partial charge < -0.3 is 9.47 Å². The SMILES string of the molecule is COc1cc2nc(-c3cc[c]c(C)c3)sc2cc1OC. The maximum Gasteiger partial charge on any atom is 0.162 e. The Hall–Kier alpha value is -2.07. The Balaban J connectivity index is 2.15. The fraction of sp³-hybridized carbons (Fsp3) is 0.188. The van der Waals surface area contributed by atoms with Crippen LogP contribution in [-0.4, -0.2) is 19.2 Å². The van der Waals surface area contributed by atoms with Gasteiger partial charge in [0.15, 0.2) is 11.5 Å². The number of nitrogens with zero attached hydrogens (tertiary/aromatic N) is 1. The second-order valence-corrected chi connectivity index (χ2v) is 5.48. The van der Waals surface area contributed by atoms with Crippen molar-refractivity contribution < 1.29 is 9.47 Å². The molecule has 0 unspecified atom stereocenters. The minimum absolute atomic E-state index is 0.703. The molecule has 0 saturated carbocycles. The van der Waals surface area contributed by atoms with E-state index in [-0.39, 0.29) is 0 Å². The maximum absolute atomic E-state index is 5.33. The van der Waals surface area contributed by atoms with Crippen molar-refractivity contribution in [2.75, 3.05) is 14.2 Å². The Morgan fingerprint density at radius 2 is 1.85 bits per heavy atom. The average molecular weight is 284 g/mol. The number of rotatable bonds is 3. The molecule has 0 bridgehead atoms. The molecule has 1 aromatic heterocycles. The minimum Gasteiger partial charge on any atom is -0.493 e. The summed E-state index contributed by atoms with van der Waals surface area (Å²) < 4.78 is 11.7. The van der Waals surface area contributed by atoms with E-state index in [9.17, 15) is 0 Å². The van der Waals surface area contributed by atoms with Gasteiger partial charge in [0.2, 0.25) is 0 Å². The molecule has 0 N–H and O–H groups in total. The van der Waals surface area contributed by atoms with Crippen LogP contribution in [0.4, 0.5) is 0 Å². The van der Waals surface area contributed by atoms with Crippen molar-refractivity contribution in [3.63, 3.8) is 0 Å². The molecule has 2 aromatic carbocycles. The summed E-state index contributed by atoms with van der Waals surface area (Å²) in [7, 11) is 3.27. The van der Waals surface area contributed by atoms with Gasteiger partial charge in [-0.3, -0.25) is 0 Å². The van der Waals surface area contributed by atoms with Crippen LogP contribution in [-0.2, 0) is 0 Å². The second kappa shape index (κ2) is 5.13. The summed E-state index contributed by atoms with van der Waals surface area (Å²) in [6.45, 7) is 2.03. The lowest BCUT2D eigenvalue weighted by atomic mass is 10.1. The van der Waals surface area contributed by atoms with E-state index in [0.29, 0.717) is 5.75 Å². The molecule has 0 spiro atoms. The van der Waals surface area contributed by atoms with E-state index in [4.69, 9.17) is 9.47 Å². The zero-order valence-corrected chi connectivity index (χ0v) is 12.4. The number of ether oxygens (including phenoxy) is 2. The number of aromatic nitrogens is 1. The van der Waals surface area contributed by atoms with Gasteiger partial charge in [-0.15, -0.1) is 11.3 Å². The molecule has 1 heterocycles. The Kier molecular flexibility index (Phi) is 3.32. The molecule has 0 aliphatic carbocycles. The molecule has 3 rings (SSSR count). The summed E-state index contributed by atoms with van der Waals surface area (Å²) in [6.07, 6.45) is 0. The minimum atomic E-state index is 0.703. The lowest BCUT2D eigenvalue weighted by molar-refractivity contribution is 0.356. The highest BCUT2D eigenvalue weighted by atomic mass is 32.1. The zero-order chi connectivity index (χ0) is 14.1. The van der Waals surface area contributed by atoms with Gasteiger partial charge in [0.1, 0.15) is 5.01 Å². The Labute approximate surface area is 121 Å². The van der Waals surface area contributed by atoms with Crippen LogP contribution in [0.15, 0.2) is 30.3 Å². The van der Waals surface area contributed by atoms with Crippen LogP contribution in [0, 0.1) is 13.0 Å². The highest BCUT2D eigenvalue weighted by Gasteiger charge is 2.11. The van der Waals surface area contributed by atoms with Crippen LogP contribution in [0.3, 0.4) is 0 Å². The average Bonchev–Trinajstić information content (AvgIpc) is 2.88. The van der Waals surface area contributed by atoms with E-state index in [1.807, 2.05) is 31.2 Å². The molecule has 0 saturated heterocycles. The summed E-state index contributed by atoms with van der Waals surface area (Å²) in [5.41, 5.74) is 3.14. The molecule has 20 heavy (non-hydrogen) atoms. The number of aryl methyl sites for hydroxylation is 1. The van der Waals surface area contributed by atoms with Crippen molar-refractivity contribution in [1.82, 2.24) is 4.98 Å². The number of methoxy groups -OCH3 is 2. The number of fused-ring (bicyclic) bond motifs is 1. The first-order chi connectivity index (χ1) is 9.71. The highest BCUT2D eigenvalue weighted by Crippen LogP contribution is 2.37. The summed E-state index contributed by atoms with van der Waals surface area (Å²) in [5, 5.41) is 0.993. The Morgan fingerprint density at radius 3 is 2.55 bits per heavy atom. The van der Waals surface area contributed by atoms with Gasteiger partial charge in [-0.05, 0) is 24.6 Å². The molecule has 4 heteroatoms. The number of hydrogen-bond acceptors (Lipinski definition) is 4. The van der Waals surface area contributed by atoms with Gasteiger partial charge in [-0.25, -0.2) is 4.98 Å². The van der Waals surface area contributed by atoms with Gasteiger partial charge in [-0.1, -0.05) is 12.1 Å². The van der Waals surface area contributed by atoms with E-state index in [2.05, 4.69) is 17.1 Å². The van der Waals surface area contributed by atoms with Crippen molar-refractivity contribution >= 4 is 21.6 Å². The second-order valence-electron chi connectivity index (χ2n) is 4.45. The molecule has 0 aliphatic heterocycles. The summed E-state index contributed by atoms with van der Waals surface area (Å²) in [5.74, 6) is 1.43. The van der Waals surface area contributed by atoms with E-state index in [0.717, 1.165) is 32.1 Å². The van der Waals surface area contributed by atoms with E-state index >= 15 is 0 Å². The molecular weight excluding hydrogens is 270 g/mol. The number of hydrogen-bond donors (Lipinski definition) is 0. The molecule has 101 valence electrons. The van der Waals surface area contributed by atoms with Gasteiger partial charge in [0.25, 0.3) is 0 Å². The third-order valence-corrected chi connectivity index (χ3v) is 4.15. The van der Waals surface area contributed by atoms with Gasteiger partial charge in [0, 0.05) is 17.7 Å². The molecule has 0 atom stereocenters. The molecule has 0 aliphatic rings. The first-order valence-corrected chi connectivity index (χ1v) is 7.04. The maximum atomic E-state index is 5.33. The van der Waals surface area contributed by atoms with Crippen LogP contribution in [0.5, 0.6) is 11.5 Å². The summed E-state index contributed by atoms with van der Waals surface area (Å²) in [4.78, 5) is 4.68. The van der Waals surface area contributed by atoms with Crippen molar-refractivity contribution in [3.8, 4) is 22.1 Å². The molecule has 3 nitrogen and oxygen atoms in total. The van der Waals surface area contributed by atoms with Crippen LogP contribution >= 0.6 is 11.3 Å². The molecule has 1 radical (unpaired) electrons. The quantitative estimate of drug-likeness (QED) is 0.726. The van der Waals surface area contributed by atoms with Crippen molar-refractivity contribution in [1.29, 1.82) is 0 Å². The van der Waals surface area contributed by atoms with Gasteiger partial charge in [0.05, 0.1) is 24.4 Å². The number of benzene rings is 2. The Morgan fingerprint density at radius 1 is 1.10 bits per heavy atom. The topological polar surface area (TPSA) is 31.4 Å². The fourth-order valence-corrected chi connectivity index (χ4v) is 3.07. The van der Waals surface area contributed by atoms with Gasteiger partial charge >= 0.3 is 0 Å². The first kappa shape index (κ1) is 12.9. The monoisotopic (exact) mass is 284 g/mol. The smallest absolute Gasteiger partial charge is 0.162 e. The van der Waals surface area contributed by atoms with Crippen LogP contribution in [0.1, 0.15) is 5.56 Å². The predicted octanol–water partition coefficient (Wildman–Crippen LogP) is 4.09.